The SMILES string of the molecule is CCCCC(CC)COCCNc1ccc(C)cc1. The highest BCUT2D eigenvalue weighted by Gasteiger charge is 2.05. The first kappa shape index (κ1) is 16.0. The van der Waals surface area contributed by atoms with Crippen LogP contribution in [0.4, 0.5) is 5.69 Å². The first-order valence-electron chi connectivity index (χ1n) is 7.64. The molecule has 2 heteroatoms. The maximum atomic E-state index is 5.77. The Kier molecular flexibility index (Phi) is 8.31. The third-order valence-corrected chi connectivity index (χ3v) is 3.52. The Morgan fingerprint density at radius 3 is 2.53 bits per heavy atom. The first-order chi connectivity index (χ1) is 9.26. The lowest BCUT2D eigenvalue weighted by molar-refractivity contribution is 0.102. The van der Waals surface area contributed by atoms with E-state index in [2.05, 4.69) is 50.4 Å². The Bertz CT molecular complexity index is 321. The molecule has 0 aromatic heterocycles. The molecule has 1 aromatic rings. The molecular weight excluding hydrogens is 234 g/mol. The van der Waals surface area contributed by atoms with Gasteiger partial charge in [-0.05, 0) is 31.4 Å². The van der Waals surface area contributed by atoms with E-state index in [4.69, 9.17) is 4.74 Å². The van der Waals surface area contributed by atoms with Crippen LogP contribution in [0.15, 0.2) is 24.3 Å². The lowest BCUT2D eigenvalue weighted by Crippen LogP contribution is -2.14. The van der Waals surface area contributed by atoms with Gasteiger partial charge in [-0.3, -0.25) is 0 Å². The van der Waals surface area contributed by atoms with E-state index in [1.165, 1.54) is 36.9 Å². The highest BCUT2D eigenvalue weighted by molar-refractivity contribution is 5.44. The molecule has 0 aliphatic rings. The third-order valence-electron chi connectivity index (χ3n) is 3.52. The monoisotopic (exact) mass is 263 g/mol. The molecule has 0 saturated heterocycles. The topological polar surface area (TPSA) is 21.3 Å². The second-order valence-corrected chi connectivity index (χ2v) is 5.28. The molecule has 0 fully saturated rings. The van der Waals surface area contributed by atoms with E-state index in [1.54, 1.807) is 0 Å². The molecule has 0 heterocycles. The van der Waals surface area contributed by atoms with Crippen molar-refractivity contribution in [3.8, 4) is 0 Å². The van der Waals surface area contributed by atoms with Gasteiger partial charge in [-0.25, -0.2) is 0 Å². The number of nitrogens with one attached hydrogen (secondary N) is 1. The van der Waals surface area contributed by atoms with Gasteiger partial charge in [0.25, 0.3) is 0 Å². The standard InChI is InChI=1S/C17H29NO/c1-4-6-7-16(5-2)14-19-13-12-18-17-10-8-15(3)9-11-17/h8-11,16,18H,4-7,12-14H2,1-3H3. The number of hydrogen-bond acceptors (Lipinski definition) is 2. The Morgan fingerprint density at radius 1 is 1.16 bits per heavy atom. The molecule has 2 nitrogen and oxygen atoms in total. The van der Waals surface area contributed by atoms with Crippen molar-refractivity contribution in [2.24, 2.45) is 5.92 Å². The van der Waals surface area contributed by atoms with Crippen molar-refractivity contribution in [2.45, 2.75) is 46.5 Å². The Balaban J connectivity index is 2.08. The van der Waals surface area contributed by atoms with E-state index < -0.39 is 0 Å². The fourth-order valence-electron chi connectivity index (χ4n) is 2.09. The summed E-state index contributed by atoms with van der Waals surface area (Å²) in [7, 11) is 0. The van der Waals surface area contributed by atoms with Crippen molar-refractivity contribution in [2.75, 3.05) is 25.1 Å². The second kappa shape index (κ2) is 9.85. The van der Waals surface area contributed by atoms with E-state index >= 15 is 0 Å². The summed E-state index contributed by atoms with van der Waals surface area (Å²) < 4.78 is 5.77. The van der Waals surface area contributed by atoms with Crippen LogP contribution in [0, 0.1) is 12.8 Å². The summed E-state index contributed by atoms with van der Waals surface area (Å²) in [6, 6.07) is 8.49. The molecule has 0 spiro atoms. The van der Waals surface area contributed by atoms with Gasteiger partial charge in [0.15, 0.2) is 0 Å². The minimum atomic E-state index is 0.735. The van der Waals surface area contributed by atoms with Crippen LogP contribution in [0.5, 0.6) is 0 Å². The molecule has 19 heavy (non-hydrogen) atoms. The Morgan fingerprint density at radius 2 is 1.89 bits per heavy atom. The maximum absolute atomic E-state index is 5.77. The normalized spacial score (nSPS) is 12.4. The lowest BCUT2D eigenvalue weighted by atomic mass is 10.0. The van der Waals surface area contributed by atoms with E-state index in [1.807, 2.05) is 0 Å². The van der Waals surface area contributed by atoms with E-state index in [-0.39, 0.29) is 0 Å². The van der Waals surface area contributed by atoms with Gasteiger partial charge in [-0.2, -0.15) is 0 Å². The average Bonchev–Trinajstić information content (AvgIpc) is 2.44. The summed E-state index contributed by atoms with van der Waals surface area (Å²) in [5.41, 5.74) is 2.47. The predicted molar refractivity (Wildman–Crippen MR) is 83.8 cm³/mol. The highest BCUT2D eigenvalue weighted by Crippen LogP contribution is 2.13. The number of benzene rings is 1. The van der Waals surface area contributed by atoms with Gasteiger partial charge >= 0.3 is 0 Å². The van der Waals surface area contributed by atoms with Crippen LogP contribution >= 0.6 is 0 Å². The maximum Gasteiger partial charge on any atom is 0.0639 e. The smallest absolute Gasteiger partial charge is 0.0639 e. The van der Waals surface area contributed by atoms with E-state index in [9.17, 15) is 0 Å². The molecular formula is C17H29NO. The number of unbranched alkanes of at least 4 members (excludes halogenated alkanes) is 1. The van der Waals surface area contributed by atoms with Crippen LogP contribution < -0.4 is 5.32 Å². The summed E-state index contributed by atoms with van der Waals surface area (Å²) >= 11 is 0. The van der Waals surface area contributed by atoms with Crippen molar-refractivity contribution in [1.82, 2.24) is 0 Å². The predicted octanol–water partition coefficient (Wildman–Crippen LogP) is 4.64. The zero-order chi connectivity index (χ0) is 13.9. The zero-order valence-corrected chi connectivity index (χ0v) is 12.7. The lowest BCUT2D eigenvalue weighted by Gasteiger charge is -2.15. The molecule has 0 radical (unpaired) electrons. The fraction of sp³-hybridized carbons (Fsp3) is 0.647. The summed E-state index contributed by atoms with van der Waals surface area (Å²) in [6.07, 6.45) is 5.14. The van der Waals surface area contributed by atoms with Crippen molar-refractivity contribution in [1.29, 1.82) is 0 Å². The van der Waals surface area contributed by atoms with Crippen LogP contribution in [0.3, 0.4) is 0 Å². The molecule has 0 bridgehead atoms. The zero-order valence-electron chi connectivity index (χ0n) is 12.7. The van der Waals surface area contributed by atoms with Gasteiger partial charge in [0.1, 0.15) is 0 Å². The minimum absolute atomic E-state index is 0.735. The molecule has 1 N–H and O–H groups in total. The Hall–Kier alpha value is -1.02. The average molecular weight is 263 g/mol. The number of ether oxygens (including phenoxy) is 1. The molecule has 1 aromatic carbocycles. The summed E-state index contributed by atoms with van der Waals surface area (Å²) in [6.45, 7) is 9.19. The highest BCUT2D eigenvalue weighted by atomic mass is 16.5. The molecule has 1 rings (SSSR count). The van der Waals surface area contributed by atoms with Crippen LogP contribution in [0.1, 0.15) is 45.1 Å². The summed E-state index contributed by atoms with van der Waals surface area (Å²) in [4.78, 5) is 0. The van der Waals surface area contributed by atoms with Crippen molar-refractivity contribution < 1.29 is 4.74 Å². The largest absolute Gasteiger partial charge is 0.383 e. The molecule has 0 aliphatic heterocycles. The molecule has 1 unspecified atom stereocenters. The van der Waals surface area contributed by atoms with Gasteiger partial charge in [-0.1, -0.05) is 50.8 Å². The molecule has 0 aliphatic carbocycles. The van der Waals surface area contributed by atoms with Crippen molar-refractivity contribution >= 4 is 5.69 Å². The van der Waals surface area contributed by atoms with Crippen LogP contribution in [0.2, 0.25) is 0 Å². The van der Waals surface area contributed by atoms with Crippen molar-refractivity contribution in [3.63, 3.8) is 0 Å². The van der Waals surface area contributed by atoms with Crippen LogP contribution in [-0.2, 0) is 4.74 Å². The van der Waals surface area contributed by atoms with E-state index in [0.717, 1.165) is 25.7 Å². The van der Waals surface area contributed by atoms with Crippen LogP contribution in [-0.4, -0.2) is 19.8 Å². The first-order valence-corrected chi connectivity index (χ1v) is 7.64. The summed E-state index contributed by atoms with van der Waals surface area (Å²) in [5, 5.41) is 3.38. The fourth-order valence-corrected chi connectivity index (χ4v) is 2.09. The number of aryl methyl sites for hydroxylation is 1. The Labute approximate surface area is 118 Å². The molecule has 0 saturated carbocycles. The van der Waals surface area contributed by atoms with Crippen molar-refractivity contribution in [3.05, 3.63) is 29.8 Å². The molecule has 108 valence electrons. The summed E-state index contributed by atoms with van der Waals surface area (Å²) in [5.74, 6) is 0.735. The van der Waals surface area contributed by atoms with Gasteiger partial charge in [0.2, 0.25) is 0 Å². The number of hydrogen-bond donors (Lipinski definition) is 1. The van der Waals surface area contributed by atoms with Crippen LogP contribution in [0.25, 0.3) is 0 Å². The second-order valence-electron chi connectivity index (χ2n) is 5.28. The van der Waals surface area contributed by atoms with Gasteiger partial charge in [-0.15, -0.1) is 0 Å². The molecule has 0 amide bonds. The van der Waals surface area contributed by atoms with Gasteiger partial charge < -0.3 is 10.1 Å². The third kappa shape index (κ3) is 7.22. The molecule has 1 atom stereocenters. The minimum Gasteiger partial charge on any atom is -0.383 e. The number of anilines is 1. The van der Waals surface area contributed by atoms with Gasteiger partial charge in [0, 0.05) is 18.8 Å². The van der Waals surface area contributed by atoms with E-state index in [0.29, 0.717) is 0 Å². The van der Waals surface area contributed by atoms with Gasteiger partial charge in [0.05, 0.1) is 6.61 Å². The number of rotatable bonds is 10. The quantitative estimate of drug-likeness (QED) is 0.621.